The fraction of sp³-hybridized carbons (Fsp3) is 1.00. The first-order chi connectivity index (χ1) is 13.3. The summed E-state index contributed by atoms with van der Waals surface area (Å²) in [6, 6.07) is 0. The van der Waals surface area contributed by atoms with Gasteiger partial charge in [-0.1, -0.05) is 0 Å². The molecule has 0 unspecified atom stereocenters. The van der Waals surface area contributed by atoms with Crippen molar-refractivity contribution in [1.29, 1.82) is 0 Å². The number of ether oxygens (including phenoxy) is 4. The summed E-state index contributed by atoms with van der Waals surface area (Å²) in [5.74, 6) is 0. The average molecular weight is 416 g/mol. The van der Waals surface area contributed by atoms with Crippen LogP contribution in [0.15, 0.2) is 0 Å². The van der Waals surface area contributed by atoms with Crippen LogP contribution in [0.1, 0.15) is 0 Å². The molecule has 2 fully saturated rings. The van der Waals surface area contributed by atoms with Gasteiger partial charge in [0.1, 0.15) is 54.9 Å². The molecular formula is C15H28O13. The highest BCUT2D eigenvalue weighted by Crippen LogP contribution is 2.29. The van der Waals surface area contributed by atoms with E-state index < -0.39 is 93.9 Å². The Kier molecular flexibility index (Phi) is 8.90. The molecule has 0 aliphatic carbocycles. The molecule has 2 aliphatic rings. The second-order valence-electron chi connectivity index (χ2n) is 6.63. The van der Waals surface area contributed by atoms with Gasteiger partial charge in [-0.25, -0.2) is 0 Å². The molecule has 0 aromatic rings. The predicted octanol–water partition coefficient (Wildman–Crippen LogP) is -6.02. The summed E-state index contributed by atoms with van der Waals surface area (Å²) < 4.78 is 21.0. The van der Waals surface area contributed by atoms with Crippen molar-refractivity contribution in [1.82, 2.24) is 0 Å². The van der Waals surface area contributed by atoms with Crippen molar-refractivity contribution in [3.05, 3.63) is 0 Å². The summed E-state index contributed by atoms with van der Waals surface area (Å²) >= 11 is 0. The third kappa shape index (κ3) is 4.96. The van der Waals surface area contributed by atoms with Crippen molar-refractivity contribution in [2.24, 2.45) is 0 Å². The fourth-order valence-electron chi connectivity index (χ4n) is 3.00. The van der Waals surface area contributed by atoms with E-state index in [1.807, 2.05) is 0 Å². The predicted molar refractivity (Wildman–Crippen MR) is 85.4 cm³/mol. The summed E-state index contributed by atoms with van der Waals surface area (Å²) in [5.41, 5.74) is 0. The Balaban J connectivity index is 2.10. The van der Waals surface area contributed by atoms with Gasteiger partial charge in [0.25, 0.3) is 0 Å². The van der Waals surface area contributed by atoms with E-state index in [1.165, 1.54) is 0 Å². The van der Waals surface area contributed by atoms with Crippen LogP contribution >= 0.6 is 0 Å². The van der Waals surface area contributed by atoms with Crippen molar-refractivity contribution in [3.63, 3.8) is 0 Å². The minimum atomic E-state index is -1.76. The van der Waals surface area contributed by atoms with Gasteiger partial charge >= 0.3 is 0 Å². The van der Waals surface area contributed by atoms with Crippen LogP contribution in [0.5, 0.6) is 0 Å². The Morgan fingerprint density at radius 3 is 1.71 bits per heavy atom. The summed E-state index contributed by atoms with van der Waals surface area (Å²) in [4.78, 5) is 0. The number of aliphatic hydroxyl groups is 9. The zero-order valence-corrected chi connectivity index (χ0v) is 14.8. The third-order valence-corrected chi connectivity index (χ3v) is 4.69. The van der Waals surface area contributed by atoms with Gasteiger partial charge in [-0.05, 0) is 0 Å². The van der Waals surface area contributed by atoms with E-state index >= 15 is 0 Å². The van der Waals surface area contributed by atoms with Gasteiger partial charge in [0.15, 0.2) is 12.6 Å². The topological polar surface area (TPSA) is 219 Å². The lowest BCUT2D eigenvalue weighted by Gasteiger charge is -2.46. The minimum absolute atomic E-state index is 0.590. The van der Waals surface area contributed by atoms with Crippen LogP contribution in [-0.2, 0) is 18.9 Å². The Morgan fingerprint density at radius 1 is 0.643 bits per heavy atom. The van der Waals surface area contributed by atoms with Gasteiger partial charge in [-0.3, -0.25) is 0 Å². The highest BCUT2D eigenvalue weighted by molar-refractivity contribution is 4.94. The highest BCUT2D eigenvalue weighted by Gasteiger charge is 2.50. The van der Waals surface area contributed by atoms with E-state index in [1.54, 1.807) is 0 Å². The summed E-state index contributed by atoms with van der Waals surface area (Å²) in [6.45, 7) is -2.59. The molecule has 2 heterocycles. The third-order valence-electron chi connectivity index (χ3n) is 4.69. The SMILES string of the molecule is OCC(CO)O[C@H]1O[C@H](CO)[C@@H](O[C@H]2O[C@H](CO)[C@@H](O)[C@H](O)[C@H]2O)[C@H](O)[C@H]1O. The van der Waals surface area contributed by atoms with Crippen molar-refractivity contribution in [2.75, 3.05) is 26.4 Å². The maximum atomic E-state index is 10.4. The van der Waals surface area contributed by atoms with Crippen LogP contribution in [0.4, 0.5) is 0 Å². The molecule has 28 heavy (non-hydrogen) atoms. The molecule has 2 rings (SSSR count). The molecule has 2 aliphatic heterocycles. The van der Waals surface area contributed by atoms with Crippen LogP contribution in [0.2, 0.25) is 0 Å². The lowest BCUT2D eigenvalue weighted by Crippen LogP contribution is -2.65. The summed E-state index contributed by atoms with van der Waals surface area (Å²) in [7, 11) is 0. The number of aliphatic hydroxyl groups excluding tert-OH is 9. The first kappa shape index (κ1) is 23.8. The van der Waals surface area contributed by atoms with Gasteiger partial charge in [-0.2, -0.15) is 0 Å². The quantitative estimate of drug-likeness (QED) is 0.180. The van der Waals surface area contributed by atoms with Crippen molar-refractivity contribution < 1.29 is 64.9 Å². The standard InChI is InChI=1S/C15H28O13/c16-1-5(2-17)25-14-12(24)10(22)13(7(4-19)27-14)28-15-11(23)9(21)8(20)6(3-18)26-15/h5-24H,1-4H2/t6-,7-,8-,9+,10-,11-,12-,13-,14+,15-/m1/s1. The summed E-state index contributed by atoms with van der Waals surface area (Å²) in [6.07, 6.45) is -16.8. The first-order valence-corrected chi connectivity index (χ1v) is 8.74. The Hall–Kier alpha value is -0.520. The van der Waals surface area contributed by atoms with E-state index in [4.69, 9.17) is 29.2 Å². The zero-order chi connectivity index (χ0) is 21.0. The van der Waals surface area contributed by atoms with E-state index in [2.05, 4.69) is 0 Å². The van der Waals surface area contributed by atoms with Crippen LogP contribution in [-0.4, -0.2) is 140 Å². The zero-order valence-electron chi connectivity index (χ0n) is 14.8. The molecule has 0 bridgehead atoms. The van der Waals surface area contributed by atoms with Gasteiger partial charge in [0.05, 0.1) is 26.4 Å². The number of hydrogen-bond acceptors (Lipinski definition) is 13. The van der Waals surface area contributed by atoms with Crippen molar-refractivity contribution in [3.8, 4) is 0 Å². The Morgan fingerprint density at radius 2 is 1.18 bits per heavy atom. The fourth-order valence-corrected chi connectivity index (χ4v) is 3.00. The van der Waals surface area contributed by atoms with Gasteiger partial charge < -0.3 is 64.9 Å². The number of rotatable bonds is 8. The van der Waals surface area contributed by atoms with Gasteiger partial charge in [0, 0.05) is 0 Å². The van der Waals surface area contributed by atoms with Gasteiger partial charge in [0.2, 0.25) is 0 Å². The molecule has 0 aromatic carbocycles. The molecule has 0 saturated carbocycles. The molecule has 2 saturated heterocycles. The van der Waals surface area contributed by atoms with E-state index in [0.29, 0.717) is 0 Å². The van der Waals surface area contributed by atoms with Crippen LogP contribution < -0.4 is 0 Å². The van der Waals surface area contributed by atoms with Crippen molar-refractivity contribution >= 4 is 0 Å². The molecule has 9 N–H and O–H groups in total. The molecule has 0 amide bonds. The molecule has 0 radical (unpaired) electrons. The Labute approximate surface area is 159 Å². The number of hydrogen-bond donors (Lipinski definition) is 9. The maximum Gasteiger partial charge on any atom is 0.187 e. The Bertz CT molecular complexity index is 459. The molecular weight excluding hydrogens is 388 g/mol. The first-order valence-electron chi connectivity index (χ1n) is 8.74. The van der Waals surface area contributed by atoms with Crippen LogP contribution in [0.3, 0.4) is 0 Å². The van der Waals surface area contributed by atoms with E-state index in [9.17, 15) is 35.7 Å². The lowest BCUT2D eigenvalue weighted by atomic mass is 9.97. The van der Waals surface area contributed by atoms with E-state index in [-0.39, 0.29) is 0 Å². The lowest BCUT2D eigenvalue weighted by molar-refractivity contribution is -0.363. The molecule has 0 spiro atoms. The summed E-state index contributed by atoms with van der Waals surface area (Å²) in [5, 5.41) is 87.0. The second-order valence-corrected chi connectivity index (χ2v) is 6.63. The maximum absolute atomic E-state index is 10.4. The smallest absolute Gasteiger partial charge is 0.187 e. The molecule has 166 valence electrons. The second kappa shape index (κ2) is 10.5. The normalized spacial score (nSPS) is 44.8. The molecule has 13 heteroatoms. The molecule has 13 nitrogen and oxygen atoms in total. The van der Waals surface area contributed by atoms with Crippen LogP contribution in [0, 0.1) is 0 Å². The molecule has 0 aromatic heterocycles. The average Bonchev–Trinajstić information content (AvgIpc) is 2.70. The largest absolute Gasteiger partial charge is 0.394 e. The molecule has 10 atom stereocenters. The van der Waals surface area contributed by atoms with E-state index in [0.717, 1.165) is 0 Å². The minimum Gasteiger partial charge on any atom is -0.394 e. The highest BCUT2D eigenvalue weighted by atomic mass is 16.7. The van der Waals surface area contributed by atoms with Crippen LogP contribution in [0.25, 0.3) is 0 Å². The van der Waals surface area contributed by atoms with Gasteiger partial charge in [-0.15, -0.1) is 0 Å². The monoisotopic (exact) mass is 416 g/mol. The van der Waals surface area contributed by atoms with Crippen molar-refractivity contribution in [2.45, 2.75) is 67.5 Å².